The molecule has 0 aromatic heterocycles. The number of carboxylic acid groups (broad SMARTS) is 1. The van der Waals surface area contributed by atoms with Crippen LogP contribution in [0, 0.1) is 0 Å². The Labute approximate surface area is 289 Å². The lowest BCUT2D eigenvalue weighted by molar-refractivity contribution is -0.138. The molecule has 14 nitrogen and oxygen atoms in total. The molecule has 0 saturated heterocycles. The largest absolute Gasteiger partial charge is 0.480 e. The van der Waals surface area contributed by atoms with E-state index in [1.807, 2.05) is 30.3 Å². The average Bonchev–Trinajstić information content (AvgIpc) is 3.82. The first-order valence-corrected chi connectivity index (χ1v) is 18.0. The van der Waals surface area contributed by atoms with Gasteiger partial charge in [0.2, 0.25) is 23.6 Å². The molecule has 2 saturated carbocycles. The summed E-state index contributed by atoms with van der Waals surface area (Å²) in [6.07, 6.45) is 13.5. The molecule has 3 rings (SSSR count). The minimum atomic E-state index is -1.38. The Morgan fingerprint density at radius 3 is 1.92 bits per heavy atom. The summed E-state index contributed by atoms with van der Waals surface area (Å²) in [5.41, 5.74) is 0.994. The van der Waals surface area contributed by atoms with Gasteiger partial charge in [-0.25, -0.2) is 0 Å². The molecule has 1 aromatic rings. The van der Waals surface area contributed by atoms with Crippen molar-refractivity contribution in [1.82, 2.24) is 31.9 Å². The molecule has 14 heteroatoms. The van der Waals surface area contributed by atoms with Crippen molar-refractivity contribution >= 4 is 35.3 Å². The minimum absolute atomic E-state index is 0.238. The van der Waals surface area contributed by atoms with Gasteiger partial charge in [0, 0.05) is 24.3 Å². The number of rotatable bonds is 24. The number of hydrogen-bond donors (Lipinski definition) is 9. The van der Waals surface area contributed by atoms with Crippen molar-refractivity contribution < 1.29 is 34.2 Å². The van der Waals surface area contributed by atoms with E-state index in [1.54, 1.807) is 0 Å². The number of nitrogens with one attached hydrogen (secondary N) is 7. The number of aliphatic carboxylic acids is 1. The Bertz CT molecular complexity index is 1160. The summed E-state index contributed by atoms with van der Waals surface area (Å²) >= 11 is 0. The van der Waals surface area contributed by atoms with E-state index < -0.39 is 61.5 Å². The molecule has 2 aliphatic rings. The van der Waals surface area contributed by atoms with Crippen molar-refractivity contribution in [2.75, 3.05) is 38.1 Å². The second-order valence-electron chi connectivity index (χ2n) is 13.1. The maximum Gasteiger partial charge on any atom is 0.322 e. The van der Waals surface area contributed by atoms with Crippen molar-refractivity contribution in [2.24, 2.45) is 0 Å². The number of anilines is 1. The SMILES string of the molecule is O=C(O)CNC(=O)C(CO)NC(=O)CNC(=O)C(CCCCNc1ccccc1)NC(=O)C(CCCCNC1CCCC1)NC1CCCC1. The van der Waals surface area contributed by atoms with Crippen LogP contribution in [0.4, 0.5) is 5.69 Å². The maximum absolute atomic E-state index is 13.7. The summed E-state index contributed by atoms with van der Waals surface area (Å²) in [6.45, 7) is -0.320. The third-order valence-corrected chi connectivity index (χ3v) is 9.14. The third kappa shape index (κ3) is 16.0. The molecule has 4 amide bonds. The molecular weight excluding hydrogens is 630 g/mol. The molecule has 3 atom stereocenters. The van der Waals surface area contributed by atoms with Gasteiger partial charge >= 0.3 is 5.97 Å². The van der Waals surface area contributed by atoms with Crippen LogP contribution < -0.4 is 37.2 Å². The fraction of sp³-hybridized carbons (Fsp3) is 0.686. The lowest BCUT2D eigenvalue weighted by Crippen LogP contribution is -2.56. The van der Waals surface area contributed by atoms with Crippen molar-refractivity contribution in [3.8, 4) is 0 Å². The van der Waals surface area contributed by atoms with Gasteiger partial charge in [-0.1, -0.05) is 50.3 Å². The van der Waals surface area contributed by atoms with Crippen LogP contribution in [-0.2, 0) is 24.0 Å². The third-order valence-electron chi connectivity index (χ3n) is 9.14. The molecule has 1 aromatic carbocycles. The van der Waals surface area contributed by atoms with E-state index in [4.69, 9.17) is 5.11 Å². The van der Waals surface area contributed by atoms with Crippen LogP contribution in [0.3, 0.4) is 0 Å². The highest BCUT2D eigenvalue weighted by atomic mass is 16.4. The van der Waals surface area contributed by atoms with Crippen LogP contribution in [0.2, 0.25) is 0 Å². The molecule has 0 aliphatic heterocycles. The van der Waals surface area contributed by atoms with Gasteiger partial charge in [-0.3, -0.25) is 24.0 Å². The molecule has 0 radical (unpaired) electrons. The van der Waals surface area contributed by atoms with Crippen molar-refractivity contribution in [1.29, 1.82) is 0 Å². The number of carbonyl (C=O) groups is 5. The Morgan fingerprint density at radius 1 is 0.673 bits per heavy atom. The van der Waals surface area contributed by atoms with Crippen LogP contribution in [0.1, 0.15) is 89.9 Å². The van der Waals surface area contributed by atoms with E-state index in [9.17, 15) is 29.1 Å². The van der Waals surface area contributed by atoms with E-state index in [1.165, 1.54) is 25.7 Å². The molecule has 0 bridgehead atoms. The summed E-state index contributed by atoms with van der Waals surface area (Å²) in [7, 11) is 0. The Hall–Kier alpha value is -3.75. The van der Waals surface area contributed by atoms with E-state index in [2.05, 4.69) is 37.2 Å². The zero-order valence-electron chi connectivity index (χ0n) is 28.6. The fourth-order valence-corrected chi connectivity index (χ4v) is 6.40. The summed E-state index contributed by atoms with van der Waals surface area (Å²) in [6, 6.07) is 7.93. The molecule has 49 heavy (non-hydrogen) atoms. The number of amides is 4. The van der Waals surface area contributed by atoms with Gasteiger partial charge in [0.25, 0.3) is 0 Å². The van der Waals surface area contributed by atoms with Gasteiger partial charge in [0.05, 0.1) is 19.2 Å². The lowest BCUT2D eigenvalue weighted by Gasteiger charge is -2.26. The van der Waals surface area contributed by atoms with Gasteiger partial charge in [0.15, 0.2) is 0 Å². The number of para-hydroxylation sites is 1. The Balaban J connectivity index is 1.56. The topological polar surface area (TPSA) is 210 Å². The highest BCUT2D eigenvalue weighted by molar-refractivity contribution is 5.93. The van der Waals surface area contributed by atoms with Crippen LogP contribution in [0.5, 0.6) is 0 Å². The molecule has 3 unspecified atom stereocenters. The molecule has 274 valence electrons. The standard InChI is InChI=1S/C35H57N7O7/c43-24-30(34(48)39-23-32(45)46)41-31(44)22-38-33(47)28(18-8-10-20-36-25-12-2-1-3-13-25)42-35(49)29(40-27-16-6-7-17-27)19-9-11-21-37-26-14-4-5-15-26/h1-3,12-13,26-30,36-37,40,43H,4-11,14-24H2,(H,38,47)(H,39,48)(H,41,44)(H,42,49)(H,45,46). The number of aliphatic hydroxyl groups excluding tert-OH is 1. The van der Waals surface area contributed by atoms with E-state index in [-0.39, 0.29) is 11.9 Å². The van der Waals surface area contributed by atoms with Gasteiger partial charge in [-0.05, 0) is 76.5 Å². The molecule has 2 aliphatic carbocycles. The number of unbranched alkanes of at least 4 members (excludes halogenated alkanes) is 2. The smallest absolute Gasteiger partial charge is 0.322 e. The monoisotopic (exact) mass is 687 g/mol. The molecule has 0 heterocycles. The number of carboxylic acids is 1. The molecule has 0 spiro atoms. The van der Waals surface area contributed by atoms with Gasteiger partial charge in [0.1, 0.15) is 18.6 Å². The zero-order chi connectivity index (χ0) is 35.3. The molecule has 2 fully saturated rings. The van der Waals surface area contributed by atoms with Gasteiger partial charge < -0.3 is 47.4 Å². The van der Waals surface area contributed by atoms with Crippen LogP contribution in [-0.4, -0.2) is 103 Å². The van der Waals surface area contributed by atoms with E-state index in [0.29, 0.717) is 31.8 Å². The first-order valence-electron chi connectivity index (χ1n) is 18.0. The minimum Gasteiger partial charge on any atom is -0.480 e. The first kappa shape index (κ1) is 39.7. The Morgan fingerprint density at radius 2 is 1.27 bits per heavy atom. The number of benzene rings is 1. The van der Waals surface area contributed by atoms with Crippen molar-refractivity contribution in [3.05, 3.63) is 30.3 Å². The van der Waals surface area contributed by atoms with Crippen LogP contribution in [0.15, 0.2) is 30.3 Å². The fourth-order valence-electron chi connectivity index (χ4n) is 6.40. The van der Waals surface area contributed by atoms with E-state index >= 15 is 0 Å². The highest BCUT2D eigenvalue weighted by Crippen LogP contribution is 2.20. The predicted octanol–water partition coefficient (Wildman–Crippen LogP) is 1.15. The summed E-state index contributed by atoms with van der Waals surface area (Å²) < 4.78 is 0. The number of aliphatic hydroxyl groups is 1. The molecular formula is C35H57N7O7. The first-order chi connectivity index (χ1) is 23.7. The maximum atomic E-state index is 13.7. The highest BCUT2D eigenvalue weighted by Gasteiger charge is 2.29. The lowest BCUT2D eigenvalue weighted by atomic mass is 10.0. The second kappa shape index (κ2) is 22.8. The number of carbonyl (C=O) groups excluding carboxylic acids is 4. The van der Waals surface area contributed by atoms with Gasteiger partial charge in [-0.15, -0.1) is 0 Å². The van der Waals surface area contributed by atoms with Crippen molar-refractivity contribution in [3.63, 3.8) is 0 Å². The normalized spacial score (nSPS) is 16.8. The zero-order valence-corrected chi connectivity index (χ0v) is 28.6. The van der Waals surface area contributed by atoms with Crippen LogP contribution >= 0.6 is 0 Å². The van der Waals surface area contributed by atoms with E-state index in [0.717, 1.165) is 57.2 Å². The quantitative estimate of drug-likeness (QED) is 0.0708. The second-order valence-corrected chi connectivity index (χ2v) is 13.1. The molecule has 9 N–H and O–H groups in total. The summed E-state index contributed by atoms with van der Waals surface area (Å²) in [5, 5.41) is 38.7. The summed E-state index contributed by atoms with van der Waals surface area (Å²) in [5.74, 6) is -3.66. The average molecular weight is 688 g/mol. The predicted molar refractivity (Wildman–Crippen MR) is 187 cm³/mol. The Kier molecular flexibility index (Phi) is 18.5. The van der Waals surface area contributed by atoms with Crippen LogP contribution in [0.25, 0.3) is 0 Å². The van der Waals surface area contributed by atoms with Gasteiger partial charge in [-0.2, -0.15) is 0 Å². The van der Waals surface area contributed by atoms with Crippen molar-refractivity contribution in [2.45, 2.75) is 120 Å². The summed E-state index contributed by atoms with van der Waals surface area (Å²) in [4.78, 5) is 62.5. The number of hydrogen-bond acceptors (Lipinski definition) is 9.